The third-order valence-electron chi connectivity index (χ3n) is 3.37. The van der Waals surface area contributed by atoms with E-state index in [2.05, 4.69) is 0 Å². The third kappa shape index (κ3) is 2.94. The van der Waals surface area contributed by atoms with Gasteiger partial charge in [-0.05, 0) is 48.2 Å². The van der Waals surface area contributed by atoms with Crippen LogP contribution in [0.25, 0.3) is 0 Å². The topological polar surface area (TPSA) is 35.2 Å². The lowest BCUT2D eigenvalue weighted by atomic mass is 9.99. The average Bonchev–Trinajstić information content (AvgIpc) is 3.26. The Morgan fingerprint density at radius 2 is 1.75 bits per heavy atom. The molecule has 1 saturated carbocycles. The molecule has 20 heavy (non-hydrogen) atoms. The molecule has 0 aliphatic heterocycles. The van der Waals surface area contributed by atoms with Crippen molar-refractivity contribution in [2.24, 2.45) is 5.73 Å². The minimum absolute atomic E-state index is 0.106. The molecule has 4 heteroatoms. The fraction of sp³-hybridized carbons (Fsp3) is 0.250. The number of halogens is 2. The van der Waals surface area contributed by atoms with Crippen molar-refractivity contribution in [2.45, 2.75) is 25.0 Å². The summed E-state index contributed by atoms with van der Waals surface area (Å²) in [7, 11) is 0. The van der Waals surface area contributed by atoms with Crippen LogP contribution in [0.4, 0.5) is 4.39 Å². The Morgan fingerprint density at radius 3 is 2.35 bits per heavy atom. The van der Waals surface area contributed by atoms with Gasteiger partial charge in [0.2, 0.25) is 0 Å². The summed E-state index contributed by atoms with van der Waals surface area (Å²) in [6.07, 6.45) is 2.64. The van der Waals surface area contributed by atoms with E-state index in [9.17, 15) is 4.39 Å². The Kier molecular flexibility index (Phi) is 3.64. The molecule has 2 nitrogen and oxygen atoms in total. The first-order chi connectivity index (χ1) is 9.63. The monoisotopic (exact) mass is 291 g/mol. The van der Waals surface area contributed by atoms with Crippen LogP contribution in [0.15, 0.2) is 42.5 Å². The van der Waals surface area contributed by atoms with Gasteiger partial charge in [-0.2, -0.15) is 0 Å². The first-order valence-corrected chi connectivity index (χ1v) is 6.98. The summed E-state index contributed by atoms with van der Waals surface area (Å²) < 4.78 is 19.1. The minimum Gasteiger partial charge on any atom is -0.490 e. The van der Waals surface area contributed by atoms with Crippen LogP contribution in [0, 0.1) is 5.82 Å². The van der Waals surface area contributed by atoms with Crippen molar-refractivity contribution in [1.82, 2.24) is 0 Å². The van der Waals surface area contributed by atoms with Crippen LogP contribution in [-0.4, -0.2) is 6.10 Å². The number of benzene rings is 2. The summed E-state index contributed by atoms with van der Waals surface area (Å²) in [5.41, 5.74) is 7.76. The number of rotatable bonds is 4. The average molecular weight is 292 g/mol. The first-order valence-electron chi connectivity index (χ1n) is 6.60. The molecular formula is C16H15ClFNO. The lowest BCUT2D eigenvalue weighted by Crippen LogP contribution is -2.12. The Morgan fingerprint density at radius 1 is 1.10 bits per heavy atom. The van der Waals surface area contributed by atoms with Crippen molar-refractivity contribution in [2.75, 3.05) is 0 Å². The lowest BCUT2D eigenvalue weighted by molar-refractivity contribution is 0.303. The first kappa shape index (κ1) is 13.4. The smallest absolute Gasteiger partial charge is 0.142 e. The molecule has 1 aliphatic rings. The molecule has 104 valence electrons. The van der Waals surface area contributed by atoms with Crippen LogP contribution in [-0.2, 0) is 0 Å². The van der Waals surface area contributed by atoms with Gasteiger partial charge in [0, 0.05) is 0 Å². The minimum atomic E-state index is -0.451. The Labute approximate surface area is 122 Å². The Bertz CT molecular complexity index is 610. The zero-order chi connectivity index (χ0) is 14.1. The highest BCUT2D eigenvalue weighted by atomic mass is 35.5. The van der Waals surface area contributed by atoms with E-state index in [4.69, 9.17) is 22.1 Å². The maximum absolute atomic E-state index is 13.5. The van der Waals surface area contributed by atoms with Gasteiger partial charge in [0.05, 0.1) is 17.2 Å². The summed E-state index contributed by atoms with van der Waals surface area (Å²) in [6.45, 7) is 0. The number of nitrogens with two attached hydrogens (primary N) is 1. The molecule has 1 atom stereocenters. The van der Waals surface area contributed by atoms with Crippen molar-refractivity contribution in [1.29, 1.82) is 0 Å². The molecule has 0 amide bonds. The van der Waals surface area contributed by atoms with Crippen molar-refractivity contribution < 1.29 is 9.13 Å². The van der Waals surface area contributed by atoms with E-state index in [-0.39, 0.29) is 11.1 Å². The molecule has 0 bridgehead atoms. The molecular weight excluding hydrogens is 277 g/mol. The van der Waals surface area contributed by atoms with E-state index in [0.29, 0.717) is 11.7 Å². The van der Waals surface area contributed by atoms with E-state index < -0.39 is 5.82 Å². The van der Waals surface area contributed by atoms with Gasteiger partial charge < -0.3 is 10.5 Å². The zero-order valence-electron chi connectivity index (χ0n) is 10.9. The quantitative estimate of drug-likeness (QED) is 0.921. The normalized spacial score (nSPS) is 15.9. The maximum Gasteiger partial charge on any atom is 0.142 e. The summed E-state index contributed by atoms with van der Waals surface area (Å²) >= 11 is 5.67. The third-order valence-corrected chi connectivity index (χ3v) is 3.68. The van der Waals surface area contributed by atoms with Crippen LogP contribution in [0.5, 0.6) is 5.75 Å². The van der Waals surface area contributed by atoms with Gasteiger partial charge in [-0.15, -0.1) is 0 Å². The van der Waals surface area contributed by atoms with E-state index >= 15 is 0 Å². The SMILES string of the molecule is NC(c1ccc(OC2CC2)cc1)c1ccc(Cl)c(F)c1. The highest BCUT2D eigenvalue weighted by Gasteiger charge is 2.23. The summed E-state index contributed by atoms with van der Waals surface area (Å²) in [5, 5.41) is 0.106. The highest BCUT2D eigenvalue weighted by molar-refractivity contribution is 6.30. The van der Waals surface area contributed by atoms with E-state index in [1.54, 1.807) is 6.07 Å². The number of ether oxygens (including phenoxy) is 1. The van der Waals surface area contributed by atoms with Crippen molar-refractivity contribution >= 4 is 11.6 Å². The second-order valence-electron chi connectivity index (χ2n) is 5.04. The van der Waals surface area contributed by atoms with Crippen molar-refractivity contribution in [3.63, 3.8) is 0 Å². The van der Waals surface area contributed by atoms with Crippen LogP contribution < -0.4 is 10.5 Å². The molecule has 2 aromatic carbocycles. The predicted octanol–water partition coefficient (Wildman–Crippen LogP) is 4.07. The molecule has 1 unspecified atom stereocenters. The fourth-order valence-electron chi connectivity index (χ4n) is 2.03. The molecule has 0 saturated heterocycles. The van der Waals surface area contributed by atoms with Gasteiger partial charge >= 0.3 is 0 Å². The molecule has 2 N–H and O–H groups in total. The number of hydrogen-bond acceptors (Lipinski definition) is 2. The Hall–Kier alpha value is -1.58. The van der Waals surface area contributed by atoms with Crippen LogP contribution in [0.3, 0.4) is 0 Å². The zero-order valence-corrected chi connectivity index (χ0v) is 11.6. The Balaban J connectivity index is 1.78. The molecule has 0 spiro atoms. The lowest BCUT2D eigenvalue weighted by Gasteiger charge is -2.14. The second kappa shape index (κ2) is 5.43. The van der Waals surface area contributed by atoms with Crippen LogP contribution in [0.2, 0.25) is 5.02 Å². The number of hydrogen-bond donors (Lipinski definition) is 1. The van der Waals surface area contributed by atoms with Gasteiger partial charge in [0.1, 0.15) is 11.6 Å². The molecule has 3 rings (SSSR count). The van der Waals surface area contributed by atoms with Crippen molar-refractivity contribution in [3.8, 4) is 5.75 Å². The molecule has 1 aliphatic carbocycles. The van der Waals surface area contributed by atoms with Gasteiger partial charge in [-0.25, -0.2) is 4.39 Å². The summed E-state index contributed by atoms with van der Waals surface area (Å²) in [4.78, 5) is 0. The molecule has 0 radical (unpaired) electrons. The summed E-state index contributed by atoms with van der Waals surface area (Å²) in [6, 6.07) is 11.9. The highest BCUT2D eigenvalue weighted by Crippen LogP contribution is 2.29. The molecule has 2 aromatic rings. The van der Waals surface area contributed by atoms with Crippen LogP contribution >= 0.6 is 11.6 Å². The van der Waals surface area contributed by atoms with Gasteiger partial charge in [-0.1, -0.05) is 29.8 Å². The van der Waals surface area contributed by atoms with Gasteiger partial charge in [0.15, 0.2) is 0 Å². The van der Waals surface area contributed by atoms with Gasteiger partial charge in [0.25, 0.3) is 0 Å². The fourth-order valence-corrected chi connectivity index (χ4v) is 2.15. The second-order valence-corrected chi connectivity index (χ2v) is 5.44. The standard InChI is InChI=1S/C16H15ClFNO/c17-14-8-3-11(9-15(14)18)16(19)10-1-4-12(5-2-10)20-13-6-7-13/h1-5,8-9,13,16H,6-7,19H2. The van der Waals surface area contributed by atoms with Crippen LogP contribution in [0.1, 0.15) is 30.0 Å². The largest absolute Gasteiger partial charge is 0.490 e. The molecule has 0 heterocycles. The summed E-state index contributed by atoms with van der Waals surface area (Å²) in [5.74, 6) is 0.402. The molecule has 1 fully saturated rings. The maximum atomic E-state index is 13.5. The van der Waals surface area contributed by atoms with Crippen molar-refractivity contribution in [3.05, 3.63) is 64.4 Å². The van der Waals surface area contributed by atoms with E-state index in [1.165, 1.54) is 12.1 Å². The molecule has 0 aromatic heterocycles. The van der Waals surface area contributed by atoms with E-state index in [1.807, 2.05) is 24.3 Å². The van der Waals surface area contributed by atoms with Gasteiger partial charge in [-0.3, -0.25) is 0 Å². The van der Waals surface area contributed by atoms with E-state index in [0.717, 1.165) is 24.2 Å². The predicted molar refractivity (Wildman–Crippen MR) is 77.5 cm³/mol.